The predicted octanol–water partition coefficient (Wildman–Crippen LogP) is 3.91. The highest BCUT2D eigenvalue weighted by molar-refractivity contribution is 7.16. The molecule has 1 fully saturated rings. The zero-order chi connectivity index (χ0) is 22.5. The van der Waals surface area contributed by atoms with Gasteiger partial charge >= 0.3 is 0 Å². The van der Waals surface area contributed by atoms with Crippen LogP contribution in [0.4, 0.5) is 10.1 Å². The average molecular weight is 453 g/mol. The Bertz CT molecular complexity index is 1110. The van der Waals surface area contributed by atoms with Crippen molar-refractivity contribution in [1.29, 1.82) is 0 Å². The van der Waals surface area contributed by atoms with Gasteiger partial charge in [-0.25, -0.2) is 9.37 Å². The van der Waals surface area contributed by atoms with Gasteiger partial charge in [0.2, 0.25) is 5.91 Å². The number of halogens is 1. The number of piperazine rings is 1. The fourth-order valence-corrected chi connectivity index (χ4v) is 4.65. The van der Waals surface area contributed by atoms with E-state index in [1.165, 1.54) is 23.6 Å². The third kappa shape index (κ3) is 5.03. The van der Waals surface area contributed by atoms with Crippen molar-refractivity contribution in [3.63, 3.8) is 0 Å². The Kier molecular flexibility index (Phi) is 6.92. The summed E-state index contributed by atoms with van der Waals surface area (Å²) in [6, 6.07) is 14.2. The molecule has 2 amide bonds. The molecule has 1 aromatic heterocycles. The highest BCUT2D eigenvalue weighted by Crippen LogP contribution is 2.28. The quantitative estimate of drug-likeness (QED) is 0.616. The van der Waals surface area contributed by atoms with Gasteiger partial charge < -0.3 is 10.2 Å². The van der Waals surface area contributed by atoms with Crippen LogP contribution in [-0.2, 0) is 11.2 Å². The second-order valence-electron chi connectivity index (χ2n) is 7.64. The van der Waals surface area contributed by atoms with E-state index in [9.17, 15) is 14.0 Å². The first kappa shape index (κ1) is 22.1. The van der Waals surface area contributed by atoms with E-state index in [-0.39, 0.29) is 24.2 Å². The largest absolute Gasteiger partial charge is 0.335 e. The molecule has 2 heterocycles. The van der Waals surface area contributed by atoms with E-state index >= 15 is 0 Å². The van der Waals surface area contributed by atoms with E-state index in [0.717, 1.165) is 17.7 Å². The van der Waals surface area contributed by atoms with Crippen LogP contribution in [0.5, 0.6) is 0 Å². The molecule has 0 atom stereocenters. The number of hydrogen-bond acceptors (Lipinski definition) is 5. The number of thiazole rings is 1. The predicted molar refractivity (Wildman–Crippen MR) is 124 cm³/mol. The molecule has 4 rings (SSSR count). The number of nitrogens with one attached hydrogen (secondary N) is 1. The Hall–Kier alpha value is -3.10. The van der Waals surface area contributed by atoms with Crippen LogP contribution in [0.3, 0.4) is 0 Å². The molecule has 1 aliphatic rings. The number of carbonyl (C=O) groups excluding carboxylic acids is 2. The molecule has 0 aliphatic carbocycles. The zero-order valence-corrected chi connectivity index (χ0v) is 18.7. The third-order valence-corrected chi connectivity index (χ3v) is 6.54. The highest BCUT2D eigenvalue weighted by Gasteiger charge is 2.25. The summed E-state index contributed by atoms with van der Waals surface area (Å²) in [7, 11) is 0. The van der Waals surface area contributed by atoms with Gasteiger partial charge in [0.25, 0.3) is 5.91 Å². The van der Waals surface area contributed by atoms with Gasteiger partial charge in [0.1, 0.15) is 15.7 Å². The van der Waals surface area contributed by atoms with E-state index in [4.69, 9.17) is 0 Å². The van der Waals surface area contributed by atoms with Crippen LogP contribution in [0.2, 0.25) is 0 Å². The van der Waals surface area contributed by atoms with E-state index in [1.807, 2.05) is 29.2 Å². The van der Waals surface area contributed by atoms with E-state index in [2.05, 4.69) is 17.2 Å². The summed E-state index contributed by atoms with van der Waals surface area (Å²) in [5.74, 6) is -0.511. The Balaban J connectivity index is 1.30. The van der Waals surface area contributed by atoms with Crippen LogP contribution in [0.15, 0.2) is 54.7 Å². The molecule has 0 saturated carbocycles. The monoisotopic (exact) mass is 452 g/mol. The van der Waals surface area contributed by atoms with Crippen LogP contribution in [0.25, 0.3) is 10.6 Å². The van der Waals surface area contributed by atoms with Gasteiger partial charge in [0.15, 0.2) is 0 Å². The van der Waals surface area contributed by atoms with Crippen molar-refractivity contribution in [3.8, 4) is 10.6 Å². The number of anilines is 1. The molecule has 32 heavy (non-hydrogen) atoms. The topological polar surface area (TPSA) is 65.5 Å². The number of benzene rings is 2. The molecule has 0 bridgehead atoms. The Morgan fingerprint density at radius 2 is 1.78 bits per heavy atom. The Morgan fingerprint density at radius 3 is 2.53 bits per heavy atom. The molecule has 6 nitrogen and oxygen atoms in total. The fraction of sp³-hybridized carbons (Fsp3) is 0.292. The van der Waals surface area contributed by atoms with Gasteiger partial charge in [-0.15, -0.1) is 11.3 Å². The van der Waals surface area contributed by atoms with Crippen LogP contribution >= 0.6 is 11.3 Å². The van der Waals surface area contributed by atoms with Crippen molar-refractivity contribution in [2.75, 3.05) is 38.0 Å². The lowest BCUT2D eigenvalue weighted by Gasteiger charge is -2.34. The van der Waals surface area contributed by atoms with Gasteiger partial charge in [0.05, 0.1) is 12.7 Å². The lowest BCUT2D eigenvalue weighted by atomic mass is 10.1. The number of amides is 2. The van der Waals surface area contributed by atoms with Crippen LogP contribution in [0, 0.1) is 5.82 Å². The van der Waals surface area contributed by atoms with Crippen molar-refractivity contribution in [3.05, 3.63) is 71.0 Å². The standard InChI is InChI=1S/C24H25FN4O2S/c1-2-17-7-3-6-10-20(17)27-22(30)16-28-11-13-29(14-12-28)24(31)21-15-26-23(32-21)18-8-4-5-9-19(18)25/h3-10,15H,2,11-14,16H2,1H3,(H,27,30). The first-order valence-corrected chi connectivity index (χ1v) is 11.5. The minimum absolute atomic E-state index is 0.0531. The zero-order valence-electron chi connectivity index (χ0n) is 17.9. The summed E-state index contributed by atoms with van der Waals surface area (Å²) in [6.45, 7) is 4.65. The van der Waals surface area contributed by atoms with Crippen LogP contribution in [-0.4, -0.2) is 59.3 Å². The number of nitrogens with zero attached hydrogens (tertiary/aromatic N) is 3. The first-order valence-electron chi connectivity index (χ1n) is 10.6. The molecule has 8 heteroatoms. The average Bonchev–Trinajstić information content (AvgIpc) is 3.30. The summed E-state index contributed by atoms with van der Waals surface area (Å²) >= 11 is 1.20. The number of rotatable bonds is 6. The Morgan fingerprint density at radius 1 is 1.06 bits per heavy atom. The fourth-order valence-electron chi connectivity index (χ4n) is 3.74. The summed E-state index contributed by atoms with van der Waals surface area (Å²) in [5, 5.41) is 3.49. The Labute approximate surface area is 190 Å². The van der Waals surface area contributed by atoms with Crippen molar-refractivity contribution < 1.29 is 14.0 Å². The normalized spacial score (nSPS) is 14.4. The van der Waals surface area contributed by atoms with Crippen molar-refractivity contribution >= 4 is 28.8 Å². The third-order valence-electron chi connectivity index (χ3n) is 5.52. The first-order chi connectivity index (χ1) is 15.5. The molecule has 0 spiro atoms. The van der Waals surface area contributed by atoms with Gasteiger partial charge in [-0.3, -0.25) is 14.5 Å². The maximum Gasteiger partial charge on any atom is 0.265 e. The lowest BCUT2D eigenvalue weighted by Crippen LogP contribution is -2.50. The molecule has 2 aromatic carbocycles. The van der Waals surface area contributed by atoms with Crippen LogP contribution in [0.1, 0.15) is 22.2 Å². The maximum absolute atomic E-state index is 14.0. The molecule has 0 radical (unpaired) electrons. The maximum atomic E-state index is 14.0. The molecular formula is C24H25FN4O2S. The minimum atomic E-state index is -0.352. The molecule has 1 N–H and O–H groups in total. The molecular weight excluding hydrogens is 427 g/mol. The number of para-hydroxylation sites is 1. The van der Waals surface area contributed by atoms with E-state index < -0.39 is 0 Å². The molecule has 0 unspecified atom stereocenters. The summed E-state index contributed by atoms with van der Waals surface area (Å²) in [4.78, 5) is 33.9. The minimum Gasteiger partial charge on any atom is -0.335 e. The van der Waals surface area contributed by atoms with Crippen molar-refractivity contribution in [2.45, 2.75) is 13.3 Å². The van der Waals surface area contributed by atoms with Gasteiger partial charge in [-0.1, -0.05) is 37.3 Å². The van der Waals surface area contributed by atoms with Crippen molar-refractivity contribution in [1.82, 2.24) is 14.8 Å². The van der Waals surface area contributed by atoms with Crippen molar-refractivity contribution in [2.24, 2.45) is 0 Å². The number of hydrogen-bond donors (Lipinski definition) is 1. The second kappa shape index (κ2) is 10.0. The smallest absolute Gasteiger partial charge is 0.265 e. The molecule has 1 aliphatic heterocycles. The van der Waals surface area contributed by atoms with Crippen LogP contribution < -0.4 is 5.32 Å². The summed E-state index contributed by atoms with van der Waals surface area (Å²) in [5.41, 5.74) is 2.36. The van der Waals surface area contributed by atoms with E-state index in [1.54, 1.807) is 23.1 Å². The molecule has 166 valence electrons. The number of aryl methyl sites for hydroxylation is 1. The summed E-state index contributed by atoms with van der Waals surface area (Å²) < 4.78 is 14.0. The van der Waals surface area contributed by atoms with Gasteiger partial charge in [-0.05, 0) is 30.2 Å². The van der Waals surface area contributed by atoms with Gasteiger partial charge in [0, 0.05) is 37.4 Å². The number of aromatic nitrogens is 1. The summed E-state index contributed by atoms with van der Waals surface area (Å²) in [6.07, 6.45) is 2.37. The molecule has 1 saturated heterocycles. The highest BCUT2D eigenvalue weighted by atomic mass is 32.1. The van der Waals surface area contributed by atoms with E-state index in [0.29, 0.717) is 41.6 Å². The molecule has 3 aromatic rings. The lowest BCUT2D eigenvalue weighted by molar-refractivity contribution is -0.117. The van der Waals surface area contributed by atoms with Gasteiger partial charge in [-0.2, -0.15) is 0 Å². The SMILES string of the molecule is CCc1ccccc1NC(=O)CN1CCN(C(=O)c2cnc(-c3ccccc3F)s2)CC1. The number of carbonyl (C=O) groups is 2. The second-order valence-corrected chi connectivity index (χ2v) is 8.67.